The van der Waals surface area contributed by atoms with E-state index in [2.05, 4.69) is 30.3 Å². The van der Waals surface area contributed by atoms with Crippen molar-refractivity contribution in [3.63, 3.8) is 0 Å². The van der Waals surface area contributed by atoms with Crippen LogP contribution in [0.4, 0.5) is 0 Å². The standard InChI is InChI=1S/C18H29N3O2S/c1-6-14-12-18(14,19-16(22)15-8-7-11-20(15)4)13(2)24(23)21(5)17(3)9-10-17/h6,14-15H,1-2,7-12H2,3-5H3,(H,19,22)/t14?,15?,18-,24?/m0/s1. The third-order valence-corrected chi connectivity index (χ3v) is 7.88. The molecule has 0 bridgehead atoms. The van der Waals surface area contributed by atoms with Gasteiger partial charge in [-0.3, -0.25) is 9.69 Å². The molecule has 5 nitrogen and oxygen atoms in total. The van der Waals surface area contributed by atoms with Gasteiger partial charge in [-0.1, -0.05) is 12.7 Å². The second-order valence-electron chi connectivity index (χ2n) is 7.81. The Morgan fingerprint density at radius 3 is 2.58 bits per heavy atom. The molecule has 0 spiro atoms. The number of hydrogen-bond donors (Lipinski definition) is 1. The summed E-state index contributed by atoms with van der Waals surface area (Å²) in [6, 6.07) is -0.0899. The number of nitrogens with one attached hydrogen (secondary N) is 1. The Kier molecular flexibility index (Phi) is 4.51. The number of hydrogen-bond acceptors (Lipinski definition) is 3. The number of carbonyl (C=O) groups is 1. The molecule has 3 aliphatic rings. The minimum atomic E-state index is -1.31. The van der Waals surface area contributed by atoms with Crippen LogP contribution in [-0.2, 0) is 15.8 Å². The van der Waals surface area contributed by atoms with Crippen LogP contribution in [0.5, 0.6) is 0 Å². The molecule has 1 aliphatic heterocycles. The van der Waals surface area contributed by atoms with Gasteiger partial charge in [-0.15, -0.1) is 6.58 Å². The molecule has 3 unspecified atom stereocenters. The van der Waals surface area contributed by atoms with E-state index in [1.165, 1.54) is 0 Å². The van der Waals surface area contributed by atoms with Crippen molar-refractivity contribution in [2.75, 3.05) is 20.6 Å². The first kappa shape index (κ1) is 17.8. The molecule has 6 heteroatoms. The maximum atomic E-state index is 13.0. The average molecular weight is 352 g/mol. The summed E-state index contributed by atoms with van der Waals surface area (Å²) in [7, 11) is 2.56. The molecule has 2 aliphatic carbocycles. The van der Waals surface area contributed by atoms with Gasteiger partial charge < -0.3 is 5.32 Å². The van der Waals surface area contributed by atoms with E-state index in [0.29, 0.717) is 4.91 Å². The van der Waals surface area contributed by atoms with Crippen LogP contribution < -0.4 is 5.32 Å². The smallest absolute Gasteiger partial charge is 0.238 e. The summed E-state index contributed by atoms with van der Waals surface area (Å²) in [6.07, 6.45) is 6.62. The number of nitrogens with zero attached hydrogens (tertiary/aromatic N) is 2. The molecule has 0 aromatic heterocycles. The Balaban J connectivity index is 1.74. The first-order chi connectivity index (χ1) is 11.2. The van der Waals surface area contributed by atoms with Crippen molar-refractivity contribution in [2.45, 2.75) is 56.1 Å². The molecule has 3 rings (SSSR count). The van der Waals surface area contributed by atoms with E-state index >= 15 is 0 Å². The number of likely N-dealkylation sites (tertiary alicyclic amines) is 1. The van der Waals surface area contributed by atoms with Crippen molar-refractivity contribution in [1.29, 1.82) is 0 Å². The summed E-state index contributed by atoms with van der Waals surface area (Å²) >= 11 is 0. The summed E-state index contributed by atoms with van der Waals surface area (Å²) < 4.78 is 14.9. The number of amides is 1. The van der Waals surface area contributed by atoms with Gasteiger partial charge in [0.1, 0.15) is 11.0 Å². The van der Waals surface area contributed by atoms with E-state index in [-0.39, 0.29) is 23.4 Å². The van der Waals surface area contributed by atoms with E-state index in [9.17, 15) is 9.00 Å². The fourth-order valence-corrected chi connectivity index (χ4v) is 5.18. The topological polar surface area (TPSA) is 52.7 Å². The van der Waals surface area contributed by atoms with Crippen molar-refractivity contribution in [1.82, 2.24) is 14.5 Å². The summed E-state index contributed by atoms with van der Waals surface area (Å²) in [4.78, 5) is 15.4. The van der Waals surface area contributed by atoms with Gasteiger partial charge in [0, 0.05) is 18.5 Å². The normalized spacial score (nSPS) is 35.5. The largest absolute Gasteiger partial charge is 0.344 e. The summed E-state index contributed by atoms with van der Waals surface area (Å²) in [5, 5.41) is 3.18. The van der Waals surface area contributed by atoms with Crippen molar-refractivity contribution < 1.29 is 9.00 Å². The molecule has 1 N–H and O–H groups in total. The highest BCUT2D eigenvalue weighted by Crippen LogP contribution is 2.52. The fraction of sp³-hybridized carbons (Fsp3) is 0.722. The monoisotopic (exact) mass is 351 g/mol. The van der Waals surface area contributed by atoms with Crippen molar-refractivity contribution in [2.24, 2.45) is 5.92 Å². The third kappa shape index (κ3) is 2.89. The zero-order valence-electron chi connectivity index (χ0n) is 15.0. The van der Waals surface area contributed by atoms with Crippen LogP contribution in [0.2, 0.25) is 0 Å². The van der Waals surface area contributed by atoms with Crippen LogP contribution in [0.25, 0.3) is 0 Å². The molecule has 4 atom stereocenters. The molecule has 3 fully saturated rings. The van der Waals surface area contributed by atoms with E-state index in [4.69, 9.17) is 0 Å². The second kappa shape index (κ2) is 6.07. The minimum Gasteiger partial charge on any atom is -0.344 e. The Bertz CT molecular complexity index is 601. The predicted octanol–water partition coefficient (Wildman–Crippen LogP) is 1.80. The first-order valence-electron chi connectivity index (χ1n) is 8.75. The molecule has 134 valence electrons. The molecule has 2 saturated carbocycles. The summed E-state index contributed by atoms with van der Waals surface area (Å²) in [5.74, 6) is 0.141. The Morgan fingerprint density at radius 2 is 2.12 bits per heavy atom. The SMILES string of the molecule is C=CC1C[C@]1(NC(=O)C1CCCN1C)C(=C)S(=O)N(C)C1(C)CC1. The second-order valence-corrected chi connectivity index (χ2v) is 9.35. The van der Waals surface area contributed by atoms with Crippen LogP contribution in [0.1, 0.15) is 39.0 Å². The molecule has 1 saturated heterocycles. The lowest BCUT2D eigenvalue weighted by Crippen LogP contribution is -2.50. The van der Waals surface area contributed by atoms with E-state index in [1.807, 2.05) is 24.5 Å². The lowest BCUT2D eigenvalue weighted by molar-refractivity contribution is -0.125. The maximum Gasteiger partial charge on any atom is 0.238 e. The molecule has 0 radical (unpaired) electrons. The van der Waals surface area contributed by atoms with Gasteiger partial charge in [0.2, 0.25) is 5.91 Å². The van der Waals surface area contributed by atoms with Gasteiger partial charge in [0.05, 0.1) is 16.5 Å². The molecule has 24 heavy (non-hydrogen) atoms. The van der Waals surface area contributed by atoms with Crippen molar-refractivity contribution >= 4 is 16.9 Å². The third-order valence-electron chi connectivity index (χ3n) is 6.16. The summed E-state index contributed by atoms with van der Waals surface area (Å²) in [5.41, 5.74) is -0.587. The zero-order chi connectivity index (χ0) is 17.7. The van der Waals surface area contributed by atoms with Gasteiger partial charge in [-0.05, 0) is 52.6 Å². The van der Waals surface area contributed by atoms with Gasteiger partial charge >= 0.3 is 0 Å². The predicted molar refractivity (Wildman–Crippen MR) is 97.5 cm³/mol. The quantitative estimate of drug-likeness (QED) is 0.712. The van der Waals surface area contributed by atoms with Crippen LogP contribution in [-0.4, -0.2) is 57.1 Å². The highest BCUT2D eigenvalue weighted by Gasteiger charge is 2.59. The maximum absolute atomic E-state index is 13.0. The first-order valence-corrected chi connectivity index (χ1v) is 9.86. The van der Waals surface area contributed by atoms with Crippen LogP contribution >= 0.6 is 0 Å². The molecule has 1 heterocycles. The Labute approximate surface area is 147 Å². The highest BCUT2D eigenvalue weighted by molar-refractivity contribution is 7.86. The minimum absolute atomic E-state index is 0.00321. The lowest BCUT2D eigenvalue weighted by Gasteiger charge is -2.30. The fourth-order valence-electron chi connectivity index (χ4n) is 3.67. The van der Waals surface area contributed by atoms with Crippen LogP contribution in [0, 0.1) is 5.92 Å². The highest BCUT2D eigenvalue weighted by atomic mass is 32.2. The number of rotatable bonds is 7. The molecule has 0 aromatic carbocycles. The van der Waals surface area contributed by atoms with E-state index in [0.717, 1.165) is 38.6 Å². The van der Waals surface area contributed by atoms with Crippen molar-refractivity contribution in [3.05, 3.63) is 24.1 Å². The number of likely N-dealkylation sites (N-methyl/N-ethyl adjacent to an activating group) is 1. The van der Waals surface area contributed by atoms with Crippen LogP contribution in [0.15, 0.2) is 24.1 Å². The Hall–Kier alpha value is -0.980. The zero-order valence-corrected chi connectivity index (χ0v) is 15.8. The van der Waals surface area contributed by atoms with Gasteiger partial charge in [0.25, 0.3) is 0 Å². The van der Waals surface area contributed by atoms with Gasteiger partial charge in [-0.2, -0.15) is 0 Å². The Morgan fingerprint density at radius 1 is 1.46 bits per heavy atom. The molecular weight excluding hydrogens is 322 g/mol. The lowest BCUT2D eigenvalue weighted by atomic mass is 10.1. The van der Waals surface area contributed by atoms with Gasteiger partial charge in [0.15, 0.2) is 0 Å². The molecule has 1 amide bonds. The summed E-state index contributed by atoms with van der Waals surface area (Å²) in [6.45, 7) is 11.1. The van der Waals surface area contributed by atoms with E-state index < -0.39 is 16.5 Å². The molecular formula is C18H29N3O2S. The van der Waals surface area contributed by atoms with Crippen molar-refractivity contribution in [3.8, 4) is 0 Å². The van der Waals surface area contributed by atoms with Gasteiger partial charge in [-0.25, -0.2) is 8.51 Å². The average Bonchev–Trinajstić information content (AvgIpc) is 3.43. The van der Waals surface area contributed by atoms with E-state index in [1.54, 1.807) is 0 Å². The van der Waals surface area contributed by atoms with Crippen LogP contribution in [0.3, 0.4) is 0 Å². The number of carbonyl (C=O) groups excluding carboxylic acids is 1. The molecule has 0 aromatic rings.